The maximum atomic E-state index is 12.2. The van der Waals surface area contributed by atoms with Crippen LogP contribution in [-0.4, -0.2) is 34.2 Å². The second-order valence-electron chi connectivity index (χ2n) is 6.13. The Morgan fingerprint density at radius 1 is 1.08 bits per heavy atom. The van der Waals surface area contributed by atoms with E-state index in [4.69, 9.17) is 4.74 Å². The highest BCUT2D eigenvalue weighted by molar-refractivity contribution is 7.92. The van der Waals surface area contributed by atoms with Gasteiger partial charge in [-0.2, -0.15) is 0 Å². The average Bonchev–Trinajstić information content (AvgIpc) is 2.57. The third-order valence-electron chi connectivity index (χ3n) is 4.09. The normalized spacial score (nSPS) is 11.1. The number of carbonyl (C=O) groups excluding carboxylic acids is 1. The molecule has 2 aromatic carbocycles. The number of aryl methyl sites for hydroxylation is 2. The second-order valence-corrected chi connectivity index (χ2v) is 8.04. The Morgan fingerprint density at radius 2 is 1.73 bits per heavy atom. The van der Waals surface area contributed by atoms with Crippen LogP contribution in [0.1, 0.15) is 17.5 Å². The Bertz CT molecular complexity index is 877. The van der Waals surface area contributed by atoms with Gasteiger partial charge in [-0.25, -0.2) is 8.42 Å². The number of anilines is 2. The molecule has 26 heavy (non-hydrogen) atoms. The third kappa shape index (κ3) is 5.23. The molecule has 2 rings (SSSR count). The van der Waals surface area contributed by atoms with Crippen molar-refractivity contribution in [2.24, 2.45) is 0 Å². The molecule has 0 radical (unpaired) electrons. The molecule has 0 fully saturated rings. The lowest BCUT2D eigenvalue weighted by Gasteiger charge is -2.23. The summed E-state index contributed by atoms with van der Waals surface area (Å²) in [6.07, 6.45) is 1.19. The lowest BCUT2D eigenvalue weighted by atomic mass is 10.1. The van der Waals surface area contributed by atoms with E-state index in [0.717, 1.165) is 17.4 Å². The van der Waals surface area contributed by atoms with Gasteiger partial charge in [0.05, 0.1) is 19.1 Å². The molecule has 0 spiro atoms. The summed E-state index contributed by atoms with van der Waals surface area (Å²) in [7, 11) is -1.92. The lowest BCUT2D eigenvalue weighted by molar-refractivity contribution is -0.116. The quantitative estimate of drug-likeness (QED) is 0.806. The molecule has 0 atom stereocenters. The molecule has 0 saturated carbocycles. The van der Waals surface area contributed by atoms with Gasteiger partial charge in [-0.05, 0) is 61.4 Å². The van der Waals surface area contributed by atoms with Crippen LogP contribution in [-0.2, 0) is 14.8 Å². The Labute approximate surface area is 154 Å². The van der Waals surface area contributed by atoms with E-state index in [1.54, 1.807) is 37.4 Å². The molecule has 0 saturated heterocycles. The fourth-order valence-corrected chi connectivity index (χ4v) is 3.39. The molecule has 0 aliphatic heterocycles. The first-order chi connectivity index (χ1) is 12.2. The van der Waals surface area contributed by atoms with E-state index in [-0.39, 0.29) is 18.9 Å². The van der Waals surface area contributed by atoms with E-state index in [1.165, 1.54) is 4.31 Å². The highest BCUT2D eigenvalue weighted by Gasteiger charge is 2.19. The van der Waals surface area contributed by atoms with Crippen molar-refractivity contribution < 1.29 is 17.9 Å². The summed E-state index contributed by atoms with van der Waals surface area (Å²) in [5.41, 5.74) is 3.28. The molecule has 0 heterocycles. The van der Waals surface area contributed by atoms with Crippen LogP contribution >= 0.6 is 0 Å². The number of nitrogens with one attached hydrogen (secondary N) is 1. The maximum absolute atomic E-state index is 12.2. The summed E-state index contributed by atoms with van der Waals surface area (Å²) in [6.45, 7) is 3.96. The van der Waals surface area contributed by atoms with Crippen LogP contribution in [0.25, 0.3) is 0 Å². The van der Waals surface area contributed by atoms with E-state index in [2.05, 4.69) is 5.32 Å². The van der Waals surface area contributed by atoms with Gasteiger partial charge in [0.15, 0.2) is 0 Å². The number of nitrogens with zero attached hydrogens (tertiary/aromatic N) is 1. The van der Waals surface area contributed by atoms with Crippen molar-refractivity contribution in [3.8, 4) is 5.75 Å². The molecule has 2 aromatic rings. The Balaban J connectivity index is 2.06. The number of methoxy groups -OCH3 is 1. The van der Waals surface area contributed by atoms with Gasteiger partial charge in [-0.15, -0.1) is 0 Å². The van der Waals surface area contributed by atoms with Crippen molar-refractivity contribution in [1.82, 2.24) is 0 Å². The molecular formula is C19H24N2O4S. The molecular weight excluding hydrogens is 352 g/mol. The SMILES string of the molecule is COc1ccc(NC(=O)CCN(c2ccc(C)c(C)c2)S(C)(=O)=O)cc1. The smallest absolute Gasteiger partial charge is 0.232 e. The fourth-order valence-electron chi connectivity index (χ4n) is 2.47. The Morgan fingerprint density at radius 3 is 2.27 bits per heavy atom. The van der Waals surface area contributed by atoms with Crippen LogP contribution in [0, 0.1) is 13.8 Å². The van der Waals surface area contributed by atoms with Gasteiger partial charge < -0.3 is 10.1 Å². The predicted molar refractivity (Wildman–Crippen MR) is 104 cm³/mol. The van der Waals surface area contributed by atoms with E-state index >= 15 is 0 Å². The first-order valence-electron chi connectivity index (χ1n) is 8.19. The van der Waals surface area contributed by atoms with Gasteiger partial charge in [0, 0.05) is 18.7 Å². The molecule has 7 heteroatoms. The van der Waals surface area contributed by atoms with Crippen molar-refractivity contribution in [1.29, 1.82) is 0 Å². The van der Waals surface area contributed by atoms with Gasteiger partial charge in [0.25, 0.3) is 0 Å². The van der Waals surface area contributed by atoms with Crippen molar-refractivity contribution in [2.75, 3.05) is 29.5 Å². The summed E-state index contributed by atoms with van der Waals surface area (Å²) in [6, 6.07) is 12.4. The molecule has 0 aliphatic carbocycles. The molecule has 140 valence electrons. The molecule has 0 bridgehead atoms. The largest absolute Gasteiger partial charge is 0.497 e. The highest BCUT2D eigenvalue weighted by Crippen LogP contribution is 2.22. The van der Waals surface area contributed by atoms with Gasteiger partial charge >= 0.3 is 0 Å². The van der Waals surface area contributed by atoms with Crippen molar-refractivity contribution >= 4 is 27.3 Å². The first-order valence-corrected chi connectivity index (χ1v) is 10.0. The molecule has 0 unspecified atom stereocenters. The zero-order chi connectivity index (χ0) is 19.3. The highest BCUT2D eigenvalue weighted by atomic mass is 32.2. The number of ether oxygens (including phenoxy) is 1. The second kappa shape index (κ2) is 8.23. The number of amides is 1. The summed E-state index contributed by atoms with van der Waals surface area (Å²) >= 11 is 0. The monoisotopic (exact) mass is 376 g/mol. The van der Waals surface area contributed by atoms with Crippen LogP contribution in [0.4, 0.5) is 11.4 Å². The van der Waals surface area contributed by atoms with Crippen LogP contribution in [0.3, 0.4) is 0 Å². The summed E-state index contributed by atoms with van der Waals surface area (Å²) < 4.78 is 30.6. The van der Waals surface area contributed by atoms with Crippen LogP contribution in [0.2, 0.25) is 0 Å². The molecule has 0 aromatic heterocycles. The van der Waals surface area contributed by atoms with Crippen LogP contribution in [0.5, 0.6) is 5.75 Å². The predicted octanol–water partition coefficient (Wildman–Crippen LogP) is 3.11. The number of hydrogen-bond donors (Lipinski definition) is 1. The number of rotatable bonds is 7. The van der Waals surface area contributed by atoms with E-state index in [1.807, 2.05) is 26.0 Å². The number of sulfonamides is 1. The topological polar surface area (TPSA) is 75.7 Å². The molecule has 1 N–H and O–H groups in total. The zero-order valence-electron chi connectivity index (χ0n) is 15.4. The minimum atomic E-state index is -3.49. The molecule has 0 aliphatic rings. The van der Waals surface area contributed by atoms with Crippen molar-refractivity contribution in [3.63, 3.8) is 0 Å². The molecule has 6 nitrogen and oxygen atoms in total. The minimum Gasteiger partial charge on any atom is -0.497 e. The summed E-state index contributed by atoms with van der Waals surface area (Å²) in [5, 5.41) is 2.76. The zero-order valence-corrected chi connectivity index (χ0v) is 16.3. The van der Waals surface area contributed by atoms with Gasteiger partial charge in [0.1, 0.15) is 5.75 Å². The number of benzene rings is 2. The minimum absolute atomic E-state index is 0.0476. The first kappa shape index (κ1) is 19.8. The maximum Gasteiger partial charge on any atom is 0.232 e. The number of carbonyl (C=O) groups is 1. The van der Waals surface area contributed by atoms with E-state index < -0.39 is 10.0 Å². The summed E-state index contributed by atoms with van der Waals surface area (Å²) in [4.78, 5) is 12.2. The van der Waals surface area contributed by atoms with E-state index in [9.17, 15) is 13.2 Å². The number of hydrogen-bond acceptors (Lipinski definition) is 4. The summed E-state index contributed by atoms with van der Waals surface area (Å²) in [5.74, 6) is 0.439. The standard InChI is InChI=1S/C19H24N2O4S/c1-14-5-8-17(13-15(14)2)21(26(4,23)24)12-11-19(22)20-16-6-9-18(25-3)10-7-16/h5-10,13H,11-12H2,1-4H3,(H,20,22). The Hall–Kier alpha value is -2.54. The van der Waals surface area contributed by atoms with E-state index in [0.29, 0.717) is 17.1 Å². The van der Waals surface area contributed by atoms with Gasteiger partial charge in [-0.1, -0.05) is 6.07 Å². The average molecular weight is 376 g/mol. The van der Waals surface area contributed by atoms with Crippen LogP contribution < -0.4 is 14.4 Å². The molecule has 1 amide bonds. The van der Waals surface area contributed by atoms with Crippen molar-refractivity contribution in [3.05, 3.63) is 53.6 Å². The van der Waals surface area contributed by atoms with Gasteiger partial charge in [-0.3, -0.25) is 9.10 Å². The lowest BCUT2D eigenvalue weighted by Crippen LogP contribution is -2.33. The Kier molecular flexibility index (Phi) is 6.26. The van der Waals surface area contributed by atoms with Crippen LogP contribution in [0.15, 0.2) is 42.5 Å². The van der Waals surface area contributed by atoms with Crippen molar-refractivity contribution in [2.45, 2.75) is 20.3 Å². The van der Waals surface area contributed by atoms with Gasteiger partial charge in [0.2, 0.25) is 15.9 Å². The third-order valence-corrected chi connectivity index (χ3v) is 5.29. The fraction of sp³-hybridized carbons (Fsp3) is 0.316.